The second kappa shape index (κ2) is 4.49. The van der Waals surface area contributed by atoms with Crippen LogP contribution in [0.2, 0.25) is 0 Å². The molecule has 0 saturated carbocycles. The summed E-state index contributed by atoms with van der Waals surface area (Å²) in [6, 6.07) is 10.9. The molecule has 2 aromatic rings. The lowest BCUT2D eigenvalue weighted by Gasteiger charge is -2.22. The second-order valence-electron chi connectivity index (χ2n) is 4.86. The number of carboxylic acid groups (broad SMARTS) is 2. The molecule has 20 heavy (non-hydrogen) atoms. The molecule has 0 fully saturated rings. The van der Waals surface area contributed by atoms with Crippen molar-refractivity contribution in [2.24, 2.45) is 0 Å². The van der Waals surface area contributed by atoms with Crippen molar-refractivity contribution in [2.45, 2.75) is 12.8 Å². The summed E-state index contributed by atoms with van der Waals surface area (Å²) in [6.07, 6.45) is 1.11. The van der Waals surface area contributed by atoms with Gasteiger partial charge in [-0.05, 0) is 41.2 Å². The number of benzene rings is 2. The summed E-state index contributed by atoms with van der Waals surface area (Å²) in [5.74, 6) is -2.39. The molecular formula is C16H12O4. The highest BCUT2D eigenvalue weighted by Crippen LogP contribution is 2.31. The van der Waals surface area contributed by atoms with Gasteiger partial charge in [0.1, 0.15) is 0 Å². The number of carbonyl (C=O) groups is 2. The third-order valence-corrected chi connectivity index (χ3v) is 3.72. The smallest absolute Gasteiger partial charge is 0.336 e. The van der Waals surface area contributed by atoms with E-state index in [2.05, 4.69) is 0 Å². The van der Waals surface area contributed by atoms with Gasteiger partial charge in [-0.1, -0.05) is 30.3 Å². The standard InChI is InChI=1S/C16H12O4/c17-15(18)12-6-5-11-7-9-3-1-2-4-10(9)8-13(11)14(12)16(19)20/h1-6H,7-8H2,(H,17,18)(H,19,20). The SMILES string of the molecule is O=C(O)c1ccc2c(c1C(=O)O)Cc1ccccc1C2. The van der Waals surface area contributed by atoms with Crippen LogP contribution in [0.25, 0.3) is 0 Å². The van der Waals surface area contributed by atoms with E-state index in [1.165, 1.54) is 11.6 Å². The summed E-state index contributed by atoms with van der Waals surface area (Å²) in [5.41, 5.74) is 3.52. The lowest BCUT2D eigenvalue weighted by atomic mass is 9.82. The Bertz CT molecular complexity index is 731. The summed E-state index contributed by atoms with van der Waals surface area (Å²) < 4.78 is 0. The van der Waals surface area contributed by atoms with E-state index in [1.54, 1.807) is 6.07 Å². The first-order valence-corrected chi connectivity index (χ1v) is 6.26. The Kier molecular flexibility index (Phi) is 2.79. The van der Waals surface area contributed by atoms with Crippen LogP contribution in [0, 0.1) is 0 Å². The van der Waals surface area contributed by atoms with Gasteiger partial charge in [0, 0.05) is 0 Å². The Morgan fingerprint density at radius 3 is 2.05 bits per heavy atom. The predicted molar refractivity (Wildman–Crippen MR) is 72.4 cm³/mol. The average Bonchev–Trinajstić information content (AvgIpc) is 2.43. The van der Waals surface area contributed by atoms with E-state index in [1.807, 2.05) is 24.3 Å². The summed E-state index contributed by atoms with van der Waals surface area (Å²) in [4.78, 5) is 22.6. The van der Waals surface area contributed by atoms with Crippen molar-refractivity contribution in [3.8, 4) is 0 Å². The van der Waals surface area contributed by atoms with E-state index in [-0.39, 0.29) is 11.1 Å². The van der Waals surface area contributed by atoms with Crippen LogP contribution >= 0.6 is 0 Å². The monoisotopic (exact) mass is 268 g/mol. The first-order valence-electron chi connectivity index (χ1n) is 6.26. The molecule has 1 aliphatic rings. The molecule has 0 aliphatic heterocycles. The van der Waals surface area contributed by atoms with E-state index in [4.69, 9.17) is 5.11 Å². The maximum absolute atomic E-state index is 11.4. The zero-order chi connectivity index (χ0) is 14.3. The molecule has 0 bridgehead atoms. The third-order valence-electron chi connectivity index (χ3n) is 3.72. The number of rotatable bonds is 2. The Morgan fingerprint density at radius 2 is 1.45 bits per heavy atom. The van der Waals surface area contributed by atoms with Crippen molar-refractivity contribution >= 4 is 11.9 Å². The summed E-state index contributed by atoms with van der Waals surface area (Å²) in [5, 5.41) is 18.5. The zero-order valence-electron chi connectivity index (χ0n) is 10.6. The first-order chi connectivity index (χ1) is 9.58. The minimum atomic E-state index is -1.20. The van der Waals surface area contributed by atoms with E-state index in [9.17, 15) is 14.7 Å². The molecule has 100 valence electrons. The molecule has 4 heteroatoms. The van der Waals surface area contributed by atoms with E-state index >= 15 is 0 Å². The molecule has 0 atom stereocenters. The van der Waals surface area contributed by atoms with Gasteiger partial charge in [-0.15, -0.1) is 0 Å². The topological polar surface area (TPSA) is 74.6 Å². The van der Waals surface area contributed by atoms with Gasteiger partial charge in [-0.2, -0.15) is 0 Å². The molecule has 0 aromatic heterocycles. The fraction of sp³-hybridized carbons (Fsp3) is 0.125. The molecule has 0 radical (unpaired) electrons. The summed E-state index contributed by atoms with van der Waals surface area (Å²) >= 11 is 0. The van der Waals surface area contributed by atoms with Crippen molar-refractivity contribution in [3.05, 3.63) is 69.8 Å². The van der Waals surface area contributed by atoms with Crippen molar-refractivity contribution in [2.75, 3.05) is 0 Å². The largest absolute Gasteiger partial charge is 0.478 e. The minimum absolute atomic E-state index is 0.0792. The maximum atomic E-state index is 11.4. The van der Waals surface area contributed by atoms with Crippen LogP contribution in [-0.4, -0.2) is 22.2 Å². The molecule has 2 aromatic carbocycles. The van der Waals surface area contributed by atoms with Crippen molar-refractivity contribution in [3.63, 3.8) is 0 Å². The Labute approximate surface area is 115 Å². The molecule has 0 amide bonds. The number of carboxylic acids is 2. The van der Waals surface area contributed by atoms with Gasteiger partial charge in [-0.3, -0.25) is 0 Å². The normalized spacial score (nSPS) is 12.4. The Balaban J connectivity index is 2.21. The van der Waals surface area contributed by atoms with Gasteiger partial charge >= 0.3 is 11.9 Å². The molecule has 0 heterocycles. The minimum Gasteiger partial charge on any atom is -0.478 e. The number of hydrogen-bond donors (Lipinski definition) is 2. The molecule has 0 unspecified atom stereocenters. The lowest BCUT2D eigenvalue weighted by molar-refractivity contribution is 0.0650. The highest BCUT2D eigenvalue weighted by Gasteiger charge is 2.25. The van der Waals surface area contributed by atoms with Crippen LogP contribution in [0.4, 0.5) is 0 Å². The molecule has 0 saturated heterocycles. The van der Waals surface area contributed by atoms with Gasteiger partial charge in [0.05, 0.1) is 11.1 Å². The Hall–Kier alpha value is -2.62. The highest BCUT2D eigenvalue weighted by atomic mass is 16.4. The van der Waals surface area contributed by atoms with Gasteiger partial charge < -0.3 is 10.2 Å². The van der Waals surface area contributed by atoms with Crippen molar-refractivity contribution in [1.82, 2.24) is 0 Å². The number of hydrogen-bond acceptors (Lipinski definition) is 2. The van der Waals surface area contributed by atoms with Gasteiger partial charge in [-0.25, -0.2) is 9.59 Å². The van der Waals surface area contributed by atoms with Crippen LogP contribution in [0.5, 0.6) is 0 Å². The third kappa shape index (κ3) is 1.86. The molecule has 1 aliphatic carbocycles. The van der Waals surface area contributed by atoms with Gasteiger partial charge in [0.15, 0.2) is 0 Å². The van der Waals surface area contributed by atoms with Crippen LogP contribution in [0.3, 0.4) is 0 Å². The molecule has 2 N–H and O–H groups in total. The molecular weight excluding hydrogens is 256 g/mol. The maximum Gasteiger partial charge on any atom is 0.336 e. The fourth-order valence-corrected chi connectivity index (χ4v) is 2.78. The zero-order valence-corrected chi connectivity index (χ0v) is 10.6. The van der Waals surface area contributed by atoms with Crippen molar-refractivity contribution < 1.29 is 19.8 Å². The van der Waals surface area contributed by atoms with E-state index in [0.717, 1.165) is 11.1 Å². The predicted octanol–water partition coefficient (Wildman–Crippen LogP) is 2.58. The quantitative estimate of drug-likeness (QED) is 0.749. The molecule has 3 rings (SSSR count). The van der Waals surface area contributed by atoms with Gasteiger partial charge in [0.25, 0.3) is 0 Å². The fourth-order valence-electron chi connectivity index (χ4n) is 2.78. The molecule has 0 spiro atoms. The van der Waals surface area contributed by atoms with Crippen LogP contribution in [-0.2, 0) is 12.8 Å². The van der Waals surface area contributed by atoms with Gasteiger partial charge in [0.2, 0.25) is 0 Å². The highest BCUT2D eigenvalue weighted by molar-refractivity contribution is 6.03. The van der Waals surface area contributed by atoms with Crippen LogP contribution in [0.15, 0.2) is 36.4 Å². The van der Waals surface area contributed by atoms with E-state index < -0.39 is 11.9 Å². The lowest BCUT2D eigenvalue weighted by Crippen LogP contribution is -2.17. The van der Waals surface area contributed by atoms with E-state index in [0.29, 0.717) is 18.4 Å². The number of aromatic carboxylic acids is 2. The summed E-state index contributed by atoms with van der Waals surface area (Å²) in [6.45, 7) is 0. The second-order valence-corrected chi connectivity index (χ2v) is 4.86. The molecule has 4 nitrogen and oxygen atoms in total. The first kappa shape index (κ1) is 12.4. The van der Waals surface area contributed by atoms with Crippen LogP contribution < -0.4 is 0 Å². The Morgan fingerprint density at radius 1 is 0.800 bits per heavy atom. The van der Waals surface area contributed by atoms with Crippen molar-refractivity contribution in [1.29, 1.82) is 0 Å². The number of fused-ring (bicyclic) bond motifs is 2. The summed E-state index contributed by atoms with van der Waals surface area (Å²) in [7, 11) is 0. The average molecular weight is 268 g/mol. The van der Waals surface area contributed by atoms with Crippen LogP contribution in [0.1, 0.15) is 43.0 Å².